The summed E-state index contributed by atoms with van der Waals surface area (Å²) in [6.45, 7) is 0. The maximum Gasteiger partial charge on any atom is 0.274 e. The molecule has 0 radical (unpaired) electrons. The molecule has 2 aliphatic rings. The maximum absolute atomic E-state index is 12.8. The smallest absolute Gasteiger partial charge is 0.274 e. The lowest BCUT2D eigenvalue weighted by Crippen LogP contribution is -2.54. The van der Waals surface area contributed by atoms with Gasteiger partial charge < -0.3 is 15.4 Å². The van der Waals surface area contributed by atoms with Crippen LogP contribution in [-0.4, -0.2) is 28.4 Å². The third-order valence-electron chi connectivity index (χ3n) is 5.57. The molecule has 2 fully saturated rings. The molecule has 0 aromatic carbocycles. The van der Waals surface area contributed by atoms with E-state index < -0.39 is 0 Å². The Morgan fingerprint density at radius 3 is 2.80 bits per heavy atom. The zero-order valence-corrected chi connectivity index (χ0v) is 15.1. The Balaban J connectivity index is 1.52. The van der Waals surface area contributed by atoms with Gasteiger partial charge in [0.15, 0.2) is 5.69 Å². The van der Waals surface area contributed by atoms with Crippen LogP contribution in [0, 0.1) is 5.41 Å². The number of amides is 1. The largest absolute Gasteiger partial charge is 0.494 e. The molecule has 1 amide bonds. The van der Waals surface area contributed by atoms with E-state index in [1.807, 2.05) is 5.38 Å². The van der Waals surface area contributed by atoms with Crippen molar-refractivity contribution in [2.75, 3.05) is 12.4 Å². The van der Waals surface area contributed by atoms with Gasteiger partial charge in [0.2, 0.25) is 0 Å². The Morgan fingerprint density at radius 2 is 2.16 bits per heavy atom. The summed E-state index contributed by atoms with van der Waals surface area (Å²) in [5.41, 5.74) is 1.52. The first-order chi connectivity index (χ1) is 12.2. The number of nitrogens with zero attached hydrogens (tertiary/aromatic N) is 2. The summed E-state index contributed by atoms with van der Waals surface area (Å²) in [4.78, 5) is 17.3. The van der Waals surface area contributed by atoms with Crippen molar-refractivity contribution in [1.29, 1.82) is 0 Å². The molecule has 4 rings (SSSR count). The van der Waals surface area contributed by atoms with E-state index in [0.29, 0.717) is 22.7 Å². The summed E-state index contributed by atoms with van der Waals surface area (Å²) in [5.74, 6) is 0.946. The second-order valence-corrected chi connectivity index (χ2v) is 7.58. The zero-order valence-electron chi connectivity index (χ0n) is 14.2. The number of pyridine rings is 1. The van der Waals surface area contributed by atoms with Crippen LogP contribution < -0.4 is 15.4 Å². The first-order valence-electron chi connectivity index (χ1n) is 8.72. The third-order valence-corrected chi connectivity index (χ3v) is 6.16. The number of ether oxygens (including phenoxy) is 1. The highest BCUT2D eigenvalue weighted by molar-refractivity contribution is 7.04. The number of methoxy groups -OCH3 is 1. The predicted octanol–water partition coefficient (Wildman–Crippen LogP) is 3.74. The van der Waals surface area contributed by atoms with Crippen molar-refractivity contribution in [2.24, 2.45) is 5.41 Å². The van der Waals surface area contributed by atoms with Crippen molar-refractivity contribution < 1.29 is 9.53 Å². The fourth-order valence-corrected chi connectivity index (χ4v) is 4.55. The predicted molar refractivity (Wildman–Crippen MR) is 97.6 cm³/mol. The Bertz CT molecular complexity index is 756. The number of carbonyl (C=O) groups is 1. The molecule has 6 nitrogen and oxygen atoms in total. The first-order valence-corrected chi connectivity index (χ1v) is 9.56. The van der Waals surface area contributed by atoms with E-state index in [4.69, 9.17) is 4.74 Å². The van der Waals surface area contributed by atoms with Gasteiger partial charge in [0.05, 0.1) is 19.0 Å². The third kappa shape index (κ3) is 3.08. The van der Waals surface area contributed by atoms with Gasteiger partial charge in [-0.1, -0.05) is 12.8 Å². The van der Waals surface area contributed by atoms with Gasteiger partial charge in [0.25, 0.3) is 5.91 Å². The lowest BCUT2D eigenvalue weighted by atomic mass is 9.63. The summed E-state index contributed by atoms with van der Waals surface area (Å²) in [6, 6.07) is 3.84. The van der Waals surface area contributed by atoms with E-state index in [9.17, 15) is 4.79 Å². The van der Waals surface area contributed by atoms with Gasteiger partial charge in [-0.3, -0.25) is 4.79 Å². The van der Waals surface area contributed by atoms with Gasteiger partial charge in [0, 0.05) is 11.4 Å². The number of nitrogens with one attached hydrogen (secondary N) is 2. The molecule has 0 aliphatic heterocycles. The lowest BCUT2D eigenvalue weighted by molar-refractivity contribution is 0.0577. The molecule has 2 N–H and O–H groups in total. The molecule has 25 heavy (non-hydrogen) atoms. The number of carbonyl (C=O) groups excluding carboxylic acids is 1. The van der Waals surface area contributed by atoms with E-state index in [-0.39, 0.29) is 11.9 Å². The molecule has 2 saturated carbocycles. The molecule has 1 spiro atoms. The van der Waals surface area contributed by atoms with Crippen LogP contribution in [0.4, 0.5) is 11.5 Å². The normalized spacial score (nSPS) is 20.9. The molecule has 0 saturated heterocycles. The second kappa shape index (κ2) is 6.63. The minimum Gasteiger partial charge on any atom is -0.494 e. The summed E-state index contributed by atoms with van der Waals surface area (Å²) in [6.07, 6.45) is 9.05. The number of hydrogen-bond acceptors (Lipinski definition) is 6. The molecular formula is C18H22N4O2S. The van der Waals surface area contributed by atoms with Crippen LogP contribution in [-0.2, 0) is 0 Å². The van der Waals surface area contributed by atoms with Crippen molar-refractivity contribution in [2.45, 2.75) is 44.6 Å². The van der Waals surface area contributed by atoms with Crippen molar-refractivity contribution >= 4 is 28.9 Å². The highest BCUT2D eigenvalue weighted by atomic mass is 32.1. The van der Waals surface area contributed by atoms with Crippen molar-refractivity contribution in [3.63, 3.8) is 0 Å². The van der Waals surface area contributed by atoms with Gasteiger partial charge in [-0.25, -0.2) is 4.98 Å². The Kier molecular flexibility index (Phi) is 4.33. The van der Waals surface area contributed by atoms with Crippen LogP contribution in [0.3, 0.4) is 0 Å². The molecule has 2 aromatic heterocycles. The van der Waals surface area contributed by atoms with Gasteiger partial charge in [-0.2, -0.15) is 4.37 Å². The maximum atomic E-state index is 12.8. The fourth-order valence-electron chi connectivity index (χ4n) is 4.08. The molecule has 2 aliphatic carbocycles. The molecule has 1 atom stereocenters. The molecule has 0 bridgehead atoms. The van der Waals surface area contributed by atoms with Crippen molar-refractivity contribution in [3.05, 3.63) is 29.4 Å². The minimum atomic E-state index is -0.153. The molecular weight excluding hydrogens is 336 g/mol. The Hall–Kier alpha value is -2.15. The monoisotopic (exact) mass is 358 g/mol. The van der Waals surface area contributed by atoms with Crippen LogP contribution in [0.15, 0.2) is 23.7 Å². The van der Waals surface area contributed by atoms with Crippen LogP contribution >= 0.6 is 11.5 Å². The molecule has 2 aromatic rings. The second-order valence-electron chi connectivity index (χ2n) is 6.92. The number of aromatic nitrogens is 2. The summed E-state index contributed by atoms with van der Waals surface area (Å²) < 4.78 is 9.40. The fraction of sp³-hybridized carbons (Fsp3) is 0.500. The van der Waals surface area contributed by atoms with Crippen molar-refractivity contribution in [1.82, 2.24) is 14.7 Å². The molecule has 132 valence electrons. The number of rotatable bonds is 5. The van der Waals surface area contributed by atoms with Crippen LogP contribution in [0.2, 0.25) is 0 Å². The minimum absolute atomic E-state index is 0.153. The SMILES string of the molecule is COc1ccc(Nc2cnsc2)nc1C(=O)NC1CCC12CCCC2. The summed E-state index contributed by atoms with van der Waals surface area (Å²) >= 11 is 1.36. The Morgan fingerprint density at radius 1 is 1.32 bits per heavy atom. The quantitative estimate of drug-likeness (QED) is 0.851. The van der Waals surface area contributed by atoms with Gasteiger partial charge in [0.1, 0.15) is 11.6 Å². The number of anilines is 2. The van der Waals surface area contributed by atoms with Crippen molar-refractivity contribution in [3.8, 4) is 5.75 Å². The average molecular weight is 358 g/mol. The average Bonchev–Trinajstić information content (AvgIpc) is 3.31. The summed E-state index contributed by atoms with van der Waals surface area (Å²) in [5, 5.41) is 8.26. The highest BCUT2D eigenvalue weighted by Gasteiger charge is 2.48. The first kappa shape index (κ1) is 16.3. The molecule has 2 heterocycles. The molecule has 7 heteroatoms. The standard InChI is InChI=1S/C18H22N4O2S/c1-24-13-4-5-15(20-12-10-19-25-11-12)22-16(13)17(23)21-14-6-9-18(14)7-2-3-8-18/h4-5,10-11,14H,2-3,6-9H2,1H3,(H,20,22)(H,21,23). The summed E-state index contributed by atoms with van der Waals surface area (Å²) in [7, 11) is 1.56. The Labute approximate surface area is 151 Å². The van der Waals surface area contributed by atoms with E-state index in [2.05, 4.69) is 20.0 Å². The van der Waals surface area contributed by atoms with Crippen LogP contribution in [0.5, 0.6) is 5.75 Å². The van der Waals surface area contributed by atoms with Crippen LogP contribution in [0.1, 0.15) is 49.0 Å². The topological polar surface area (TPSA) is 76.1 Å². The van der Waals surface area contributed by atoms with E-state index in [1.165, 1.54) is 43.6 Å². The van der Waals surface area contributed by atoms with E-state index in [0.717, 1.165) is 12.1 Å². The molecule has 1 unspecified atom stereocenters. The van der Waals surface area contributed by atoms with Crippen LogP contribution in [0.25, 0.3) is 0 Å². The van der Waals surface area contributed by atoms with Gasteiger partial charge in [-0.05, 0) is 54.8 Å². The van der Waals surface area contributed by atoms with E-state index in [1.54, 1.807) is 25.4 Å². The zero-order chi connectivity index (χ0) is 17.3. The van der Waals surface area contributed by atoms with Gasteiger partial charge in [-0.15, -0.1) is 0 Å². The number of hydrogen-bond donors (Lipinski definition) is 2. The highest BCUT2D eigenvalue weighted by Crippen LogP contribution is 2.53. The lowest BCUT2D eigenvalue weighted by Gasteiger charge is -2.47. The van der Waals surface area contributed by atoms with Gasteiger partial charge >= 0.3 is 0 Å². The van der Waals surface area contributed by atoms with E-state index >= 15 is 0 Å².